The van der Waals surface area contributed by atoms with Crippen molar-refractivity contribution in [2.75, 3.05) is 30.8 Å². The molecule has 10 heteroatoms. The van der Waals surface area contributed by atoms with E-state index in [1.165, 1.54) is 22.9 Å². The van der Waals surface area contributed by atoms with Gasteiger partial charge in [-0.2, -0.15) is 4.98 Å². The van der Waals surface area contributed by atoms with Gasteiger partial charge in [0, 0.05) is 12.0 Å². The van der Waals surface area contributed by atoms with Crippen LogP contribution >= 0.6 is 11.6 Å². The van der Waals surface area contributed by atoms with Crippen LogP contribution in [0.1, 0.15) is 56.2 Å². The van der Waals surface area contributed by atoms with Crippen molar-refractivity contribution in [3.05, 3.63) is 58.2 Å². The lowest BCUT2D eigenvalue weighted by atomic mass is 9.82. The summed E-state index contributed by atoms with van der Waals surface area (Å²) in [5, 5.41) is 6.18. The Morgan fingerprint density at radius 2 is 1.85 bits per heavy atom. The van der Waals surface area contributed by atoms with E-state index in [2.05, 4.69) is 52.5 Å². The van der Waals surface area contributed by atoms with Crippen LogP contribution < -0.4 is 15.4 Å². The van der Waals surface area contributed by atoms with Crippen LogP contribution in [0.3, 0.4) is 0 Å². The minimum absolute atomic E-state index is 0.0927. The van der Waals surface area contributed by atoms with Crippen LogP contribution in [-0.2, 0) is 16.3 Å². The first-order valence-corrected chi connectivity index (χ1v) is 15.4. The second-order valence-electron chi connectivity index (χ2n) is 10.9. The molecule has 1 atom stereocenters. The summed E-state index contributed by atoms with van der Waals surface area (Å²) >= 11 is 6.44. The third-order valence-electron chi connectivity index (χ3n) is 7.62. The molecular weight excluding hydrogens is 534 g/mol. The number of likely N-dealkylation sites (tertiary alicyclic amines) is 1. The Morgan fingerprint density at radius 1 is 1.13 bits per heavy atom. The monoisotopic (exact) mass is 569 g/mol. The van der Waals surface area contributed by atoms with Gasteiger partial charge in [0.15, 0.2) is 15.7 Å². The van der Waals surface area contributed by atoms with Crippen LogP contribution in [-0.4, -0.2) is 54.8 Å². The fourth-order valence-corrected chi connectivity index (χ4v) is 6.88. The predicted octanol–water partition coefficient (Wildman–Crippen LogP) is 6.24. The topological polar surface area (TPSA) is 96.5 Å². The number of ether oxygens (including phenoxy) is 1. The molecule has 1 fully saturated rings. The van der Waals surface area contributed by atoms with E-state index in [9.17, 15) is 8.42 Å². The summed E-state index contributed by atoms with van der Waals surface area (Å²) in [5.74, 6) is 2.04. The Bertz CT molecular complexity index is 1490. The molecule has 0 amide bonds. The minimum atomic E-state index is -3.52. The number of aromatic nitrogens is 2. The van der Waals surface area contributed by atoms with E-state index in [0.29, 0.717) is 23.4 Å². The predicted molar refractivity (Wildman–Crippen MR) is 157 cm³/mol. The van der Waals surface area contributed by atoms with E-state index in [1.807, 2.05) is 0 Å². The maximum absolute atomic E-state index is 12.9. The van der Waals surface area contributed by atoms with Gasteiger partial charge in [-0.25, -0.2) is 13.4 Å². The average molecular weight is 570 g/mol. The summed E-state index contributed by atoms with van der Waals surface area (Å²) in [4.78, 5) is 11.6. The number of anilines is 4. The van der Waals surface area contributed by atoms with Gasteiger partial charge in [-0.05, 0) is 95.9 Å². The standard InChI is InChI=1S/C29H36ClN5O3S/c1-17(2)39(36,37)25-9-7-6-8-23(25)32-28-22(30)16-31-29(34-28)33-24-14-18(3)26(20-10-12-35(5)13-11-20)21-15-19(4)38-27(21)24/h6-9,14,16-17,19-20H,10-13,15H2,1-5H3,(H2,31,32,33,34)/t19-/m1/s1. The molecule has 2 aliphatic heterocycles. The Labute approximate surface area is 236 Å². The van der Waals surface area contributed by atoms with E-state index >= 15 is 0 Å². The van der Waals surface area contributed by atoms with Crippen molar-refractivity contribution in [3.8, 4) is 5.75 Å². The molecule has 0 aliphatic carbocycles. The van der Waals surface area contributed by atoms with Crippen LogP contribution in [0.25, 0.3) is 0 Å². The molecule has 39 heavy (non-hydrogen) atoms. The SMILES string of the molecule is Cc1cc(Nc2ncc(Cl)c(Nc3ccccc3S(=O)(=O)C(C)C)n2)c2c(c1C1CCN(C)CC1)C[C@@H](C)O2. The lowest BCUT2D eigenvalue weighted by Gasteiger charge is -2.31. The Morgan fingerprint density at radius 3 is 2.56 bits per heavy atom. The van der Waals surface area contributed by atoms with Gasteiger partial charge in [0.25, 0.3) is 0 Å². The molecule has 8 nitrogen and oxygen atoms in total. The first-order valence-electron chi connectivity index (χ1n) is 13.5. The fraction of sp³-hybridized carbons (Fsp3) is 0.448. The van der Waals surface area contributed by atoms with Gasteiger partial charge in [0.05, 0.1) is 27.7 Å². The van der Waals surface area contributed by atoms with E-state index in [-0.39, 0.29) is 16.0 Å². The number of halogens is 1. The fourth-order valence-electron chi connectivity index (χ4n) is 5.54. The number of benzene rings is 2. The second kappa shape index (κ2) is 10.9. The summed E-state index contributed by atoms with van der Waals surface area (Å²) < 4.78 is 32.2. The normalized spacial score (nSPS) is 18.2. The van der Waals surface area contributed by atoms with Gasteiger partial charge in [-0.1, -0.05) is 23.7 Å². The number of nitrogens with zero attached hydrogens (tertiary/aromatic N) is 3. The van der Waals surface area contributed by atoms with Gasteiger partial charge < -0.3 is 20.3 Å². The Balaban J connectivity index is 1.46. The van der Waals surface area contributed by atoms with Gasteiger partial charge in [-0.15, -0.1) is 0 Å². The quantitative estimate of drug-likeness (QED) is 0.345. The molecule has 2 aliphatic rings. The first kappa shape index (κ1) is 27.7. The van der Waals surface area contributed by atoms with E-state index in [1.54, 1.807) is 38.1 Å². The number of piperidine rings is 1. The van der Waals surface area contributed by atoms with Crippen molar-refractivity contribution in [1.29, 1.82) is 0 Å². The molecule has 1 aromatic heterocycles. The Kier molecular flexibility index (Phi) is 7.77. The highest BCUT2D eigenvalue weighted by Gasteiger charge is 2.31. The molecular formula is C29H36ClN5O3S. The number of hydrogen-bond acceptors (Lipinski definition) is 8. The summed E-state index contributed by atoms with van der Waals surface area (Å²) in [6.45, 7) is 9.79. The molecule has 2 N–H and O–H groups in total. The van der Waals surface area contributed by atoms with Crippen LogP contribution in [0.4, 0.5) is 23.1 Å². The number of fused-ring (bicyclic) bond motifs is 1. The molecule has 0 bridgehead atoms. The molecule has 0 radical (unpaired) electrons. The highest BCUT2D eigenvalue weighted by molar-refractivity contribution is 7.92. The van der Waals surface area contributed by atoms with Crippen LogP contribution in [0, 0.1) is 6.92 Å². The molecule has 5 rings (SSSR count). The zero-order valence-electron chi connectivity index (χ0n) is 23.1. The zero-order chi connectivity index (χ0) is 27.9. The maximum atomic E-state index is 12.9. The van der Waals surface area contributed by atoms with Gasteiger partial charge in [-0.3, -0.25) is 0 Å². The number of nitrogens with one attached hydrogen (secondary N) is 2. The van der Waals surface area contributed by atoms with Crippen molar-refractivity contribution < 1.29 is 13.2 Å². The van der Waals surface area contributed by atoms with Crippen molar-refractivity contribution in [2.45, 2.75) is 69.1 Å². The number of hydrogen-bond donors (Lipinski definition) is 2. The lowest BCUT2D eigenvalue weighted by Crippen LogP contribution is -2.29. The van der Waals surface area contributed by atoms with Crippen LogP contribution in [0.15, 0.2) is 41.4 Å². The van der Waals surface area contributed by atoms with Crippen molar-refractivity contribution >= 4 is 44.6 Å². The number of rotatable bonds is 7. The molecule has 0 spiro atoms. The highest BCUT2D eigenvalue weighted by Crippen LogP contribution is 2.45. The van der Waals surface area contributed by atoms with E-state index in [4.69, 9.17) is 16.3 Å². The van der Waals surface area contributed by atoms with Crippen molar-refractivity contribution in [3.63, 3.8) is 0 Å². The van der Waals surface area contributed by atoms with Gasteiger partial charge in [0.2, 0.25) is 5.95 Å². The van der Waals surface area contributed by atoms with Crippen molar-refractivity contribution in [2.24, 2.45) is 0 Å². The summed E-state index contributed by atoms with van der Waals surface area (Å²) in [6, 6.07) is 8.89. The number of aryl methyl sites for hydroxylation is 1. The molecule has 3 aromatic rings. The highest BCUT2D eigenvalue weighted by atomic mass is 35.5. The molecule has 3 heterocycles. The third-order valence-corrected chi connectivity index (χ3v) is 10.1. The third kappa shape index (κ3) is 5.58. The molecule has 0 unspecified atom stereocenters. The van der Waals surface area contributed by atoms with E-state index < -0.39 is 15.1 Å². The van der Waals surface area contributed by atoms with Crippen LogP contribution in [0.2, 0.25) is 5.02 Å². The van der Waals surface area contributed by atoms with Gasteiger partial charge in [0.1, 0.15) is 16.9 Å². The Hall–Kier alpha value is -2.88. The largest absolute Gasteiger partial charge is 0.488 e. The first-order chi connectivity index (χ1) is 18.5. The second-order valence-corrected chi connectivity index (χ2v) is 13.8. The molecule has 2 aromatic carbocycles. The summed E-state index contributed by atoms with van der Waals surface area (Å²) in [6.07, 6.45) is 4.77. The minimum Gasteiger partial charge on any atom is -0.488 e. The molecule has 1 saturated heterocycles. The number of sulfone groups is 1. The molecule has 0 saturated carbocycles. The molecule has 208 valence electrons. The maximum Gasteiger partial charge on any atom is 0.229 e. The zero-order valence-corrected chi connectivity index (χ0v) is 24.7. The van der Waals surface area contributed by atoms with E-state index in [0.717, 1.165) is 43.8 Å². The van der Waals surface area contributed by atoms with Gasteiger partial charge >= 0.3 is 0 Å². The lowest BCUT2D eigenvalue weighted by molar-refractivity contribution is 0.254. The van der Waals surface area contributed by atoms with Crippen LogP contribution in [0.5, 0.6) is 5.75 Å². The summed E-state index contributed by atoms with van der Waals surface area (Å²) in [7, 11) is -1.33. The average Bonchev–Trinajstić information content (AvgIpc) is 3.28. The number of para-hydroxylation sites is 1. The van der Waals surface area contributed by atoms with Crippen molar-refractivity contribution in [1.82, 2.24) is 14.9 Å². The summed E-state index contributed by atoms with van der Waals surface area (Å²) in [5.41, 5.74) is 5.17. The smallest absolute Gasteiger partial charge is 0.229 e.